The summed E-state index contributed by atoms with van der Waals surface area (Å²) in [6.07, 6.45) is 5.30. The van der Waals surface area contributed by atoms with Gasteiger partial charge in [-0.3, -0.25) is 9.79 Å². The molecule has 2 radical (unpaired) electrons. The Labute approximate surface area is 61.8 Å². The van der Waals surface area contributed by atoms with E-state index in [1.165, 1.54) is 12.1 Å². The number of allylic oxidation sites excluding steroid dienone is 3. The molecule has 50 valence electrons. The summed E-state index contributed by atoms with van der Waals surface area (Å²) >= 11 is 0. The van der Waals surface area contributed by atoms with E-state index in [1.54, 1.807) is 19.2 Å². The molecule has 0 fully saturated rings. The molecule has 0 aromatic heterocycles. The molecule has 0 heterocycles. The third-order valence-electron chi connectivity index (χ3n) is 0.777. The fraction of sp³-hybridized carbons (Fsp3) is 0.143. The van der Waals surface area contributed by atoms with Gasteiger partial charge in [0.15, 0.2) is 6.29 Å². The summed E-state index contributed by atoms with van der Waals surface area (Å²) in [6.45, 7) is 1.74. The summed E-state index contributed by atoms with van der Waals surface area (Å²) in [4.78, 5) is 13.9. The number of aliphatic imine (C=N–C) groups is 1. The van der Waals surface area contributed by atoms with Crippen molar-refractivity contribution < 1.29 is 4.79 Å². The molecule has 0 aromatic rings. The van der Waals surface area contributed by atoms with Gasteiger partial charge in [-0.15, -0.1) is 5.98 Å². The lowest BCUT2D eigenvalue weighted by molar-refractivity contribution is -0.104. The average Bonchev–Trinajstić information content (AvgIpc) is 1.98. The molecule has 0 aliphatic heterocycles. The van der Waals surface area contributed by atoms with Crippen molar-refractivity contribution in [3.05, 3.63) is 23.8 Å². The molecule has 0 atom stereocenters. The summed E-state index contributed by atoms with van der Waals surface area (Å²) in [5.41, 5.74) is 0.365. The van der Waals surface area contributed by atoms with Crippen LogP contribution in [0, 0.1) is 0 Å². The maximum Gasteiger partial charge on any atom is 0.168 e. The number of aldehydes is 1. The molecule has 0 spiro atoms. The Hall–Kier alpha value is -1.12. The lowest BCUT2D eigenvalue weighted by atomic mass is 10.1. The van der Waals surface area contributed by atoms with Gasteiger partial charge in [0.2, 0.25) is 0 Å². The fourth-order valence-corrected chi connectivity index (χ4v) is 0.416. The van der Waals surface area contributed by atoms with Crippen LogP contribution in [0.3, 0.4) is 0 Å². The maximum absolute atomic E-state index is 10.1. The van der Waals surface area contributed by atoms with E-state index in [9.17, 15) is 4.79 Å². The zero-order valence-corrected chi connectivity index (χ0v) is 5.82. The van der Waals surface area contributed by atoms with Crippen LogP contribution in [-0.2, 0) is 4.79 Å². The number of carbonyl (C=O) groups is 1. The summed E-state index contributed by atoms with van der Waals surface area (Å²) in [5.74, 6) is 1.34. The quantitative estimate of drug-likeness (QED) is 0.184. The molecule has 0 rings (SSSR count). The zero-order chi connectivity index (χ0) is 7.82. The summed E-state index contributed by atoms with van der Waals surface area (Å²) in [6, 6.07) is 0. The van der Waals surface area contributed by atoms with E-state index in [0.29, 0.717) is 12.0 Å². The van der Waals surface area contributed by atoms with Gasteiger partial charge in [-0.25, -0.2) is 0 Å². The van der Waals surface area contributed by atoms with Gasteiger partial charge in [0, 0.05) is 6.21 Å². The molecule has 0 saturated heterocycles. The Morgan fingerprint density at radius 2 is 2.30 bits per heavy atom. The lowest BCUT2D eigenvalue weighted by Gasteiger charge is -1.83. The predicted molar refractivity (Wildman–Crippen MR) is 43.2 cm³/mol. The molecule has 2 nitrogen and oxygen atoms in total. The van der Waals surface area contributed by atoms with Crippen LogP contribution in [0.4, 0.5) is 0 Å². The monoisotopic (exact) mass is 133 g/mol. The molecule has 0 N–H and O–H groups in total. The van der Waals surface area contributed by atoms with Crippen LogP contribution in [0.25, 0.3) is 0 Å². The van der Waals surface area contributed by atoms with Crippen LogP contribution in [-0.4, -0.2) is 20.3 Å². The molecule has 3 heteroatoms. The Kier molecular flexibility index (Phi) is 5.34. The van der Waals surface area contributed by atoms with E-state index in [0.717, 1.165) is 0 Å². The van der Waals surface area contributed by atoms with E-state index in [4.69, 9.17) is 7.85 Å². The third kappa shape index (κ3) is 3.84. The van der Waals surface area contributed by atoms with Crippen molar-refractivity contribution >= 4 is 20.3 Å². The van der Waals surface area contributed by atoms with Crippen LogP contribution in [0.2, 0.25) is 0 Å². The molecule has 0 amide bonds. The van der Waals surface area contributed by atoms with Gasteiger partial charge in [-0.1, -0.05) is 6.08 Å². The first kappa shape index (κ1) is 8.88. The Morgan fingerprint density at radius 3 is 2.70 bits per heavy atom. The molecular formula is C7H8BNO. The summed E-state index contributed by atoms with van der Waals surface area (Å²) in [7, 11) is 5.03. The van der Waals surface area contributed by atoms with Crippen molar-refractivity contribution in [1.29, 1.82) is 0 Å². The fourth-order valence-electron chi connectivity index (χ4n) is 0.416. The predicted octanol–water partition coefficient (Wildman–Crippen LogP) is 0.842. The van der Waals surface area contributed by atoms with Crippen LogP contribution in [0.1, 0.15) is 6.92 Å². The Bertz CT molecular complexity index is 182. The SMILES string of the molecule is [B]/C=C/C=C(/C=O)N=CC. The average molecular weight is 133 g/mol. The van der Waals surface area contributed by atoms with Crippen molar-refractivity contribution in [2.45, 2.75) is 6.92 Å². The van der Waals surface area contributed by atoms with E-state index in [2.05, 4.69) is 4.99 Å². The van der Waals surface area contributed by atoms with Gasteiger partial charge in [-0.05, 0) is 13.0 Å². The first-order valence-electron chi connectivity index (χ1n) is 2.87. The minimum atomic E-state index is 0.365. The van der Waals surface area contributed by atoms with Crippen LogP contribution in [0.5, 0.6) is 0 Å². The summed E-state index contributed by atoms with van der Waals surface area (Å²) in [5, 5.41) is 0. The number of hydrogen-bond acceptors (Lipinski definition) is 2. The lowest BCUT2D eigenvalue weighted by Crippen LogP contribution is -1.77. The van der Waals surface area contributed by atoms with Crippen LogP contribution < -0.4 is 0 Å². The van der Waals surface area contributed by atoms with Gasteiger partial charge in [0.05, 0.1) is 0 Å². The smallest absolute Gasteiger partial charge is 0.168 e. The first-order valence-corrected chi connectivity index (χ1v) is 2.87. The van der Waals surface area contributed by atoms with E-state index in [1.807, 2.05) is 0 Å². The van der Waals surface area contributed by atoms with E-state index < -0.39 is 0 Å². The second-order valence-corrected chi connectivity index (χ2v) is 1.48. The Morgan fingerprint density at radius 1 is 1.60 bits per heavy atom. The van der Waals surface area contributed by atoms with Gasteiger partial charge >= 0.3 is 0 Å². The van der Waals surface area contributed by atoms with Crippen molar-refractivity contribution in [1.82, 2.24) is 0 Å². The van der Waals surface area contributed by atoms with Gasteiger partial charge < -0.3 is 0 Å². The minimum absolute atomic E-state index is 0.365. The van der Waals surface area contributed by atoms with Gasteiger partial charge in [0.1, 0.15) is 13.5 Å². The molecule has 0 saturated carbocycles. The highest BCUT2D eigenvalue weighted by atomic mass is 16.1. The van der Waals surface area contributed by atoms with Crippen molar-refractivity contribution in [3.8, 4) is 0 Å². The van der Waals surface area contributed by atoms with Gasteiger partial charge in [0.25, 0.3) is 0 Å². The Balaban J connectivity index is 4.17. The second kappa shape index (κ2) is 6.01. The minimum Gasteiger partial charge on any atom is -0.296 e. The molecular weight excluding hydrogens is 125 g/mol. The van der Waals surface area contributed by atoms with Crippen LogP contribution in [0.15, 0.2) is 28.8 Å². The number of rotatable bonds is 3. The molecule has 10 heavy (non-hydrogen) atoms. The highest BCUT2D eigenvalue weighted by Gasteiger charge is 1.82. The number of carbonyl (C=O) groups excluding carboxylic acids is 1. The second-order valence-electron chi connectivity index (χ2n) is 1.48. The molecule has 0 bridgehead atoms. The van der Waals surface area contributed by atoms with E-state index in [-0.39, 0.29) is 0 Å². The maximum atomic E-state index is 10.1. The number of hydrogen-bond donors (Lipinski definition) is 0. The first-order chi connectivity index (χ1) is 4.85. The molecule has 0 unspecified atom stereocenters. The third-order valence-corrected chi connectivity index (χ3v) is 0.777. The normalized spacial score (nSPS) is 13.1. The van der Waals surface area contributed by atoms with Gasteiger partial charge in [-0.2, -0.15) is 0 Å². The van der Waals surface area contributed by atoms with Crippen molar-refractivity contribution in [2.75, 3.05) is 0 Å². The van der Waals surface area contributed by atoms with Crippen LogP contribution >= 0.6 is 0 Å². The van der Waals surface area contributed by atoms with E-state index >= 15 is 0 Å². The standard InChI is InChI=1S/C7H8BNO/c1-2-9-7(6-10)4-3-5-8/h2-6H,1H3/b5-3+,7-4-,9-2?. The number of nitrogens with zero attached hydrogens (tertiary/aromatic N) is 1. The van der Waals surface area contributed by atoms with Crippen molar-refractivity contribution in [2.24, 2.45) is 4.99 Å². The highest BCUT2D eigenvalue weighted by molar-refractivity contribution is 6.17. The largest absolute Gasteiger partial charge is 0.296 e. The zero-order valence-electron chi connectivity index (χ0n) is 5.82. The summed E-state index contributed by atoms with van der Waals surface area (Å²) < 4.78 is 0. The highest BCUT2D eigenvalue weighted by Crippen LogP contribution is 1.90. The topological polar surface area (TPSA) is 29.4 Å². The molecule has 0 aliphatic rings. The van der Waals surface area contributed by atoms with Crippen molar-refractivity contribution in [3.63, 3.8) is 0 Å². The molecule has 0 aliphatic carbocycles. The molecule has 0 aromatic carbocycles.